The Labute approximate surface area is 131 Å². The molecule has 0 heterocycles. The smallest absolute Gasteiger partial charge is 0.313 e. The molecule has 1 N–H and O–H groups in total. The van der Waals surface area contributed by atoms with Gasteiger partial charge in [0.15, 0.2) is 0 Å². The highest BCUT2D eigenvalue weighted by molar-refractivity contribution is 6.39. The van der Waals surface area contributed by atoms with Crippen molar-refractivity contribution in [2.45, 2.75) is 13.8 Å². The standard InChI is InChI=1S/C16H24N2O4/c1-12-6-5-7-13(2)14(12)17-15(19)16(20)18(8-10-21-3)9-11-22-4/h5-7H,8-11H2,1-4H3,(H,17,19). The lowest BCUT2D eigenvalue weighted by Gasteiger charge is -2.21. The summed E-state index contributed by atoms with van der Waals surface area (Å²) in [4.78, 5) is 25.9. The molecular weight excluding hydrogens is 284 g/mol. The van der Waals surface area contributed by atoms with Crippen molar-refractivity contribution in [3.63, 3.8) is 0 Å². The van der Waals surface area contributed by atoms with Gasteiger partial charge in [0.2, 0.25) is 0 Å². The van der Waals surface area contributed by atoms with Gasteiger partial charge in [0.25, 0.3) is 0 Å². The molecule has 0 atom stereocenters. The lowest BCUT2D eigenvalue weighted by molar-refractivity contribution is -0.144. The number of nitrogens with zero attached hydrogens (tertiary/aromatic N) is 1. The summed E-state index contributed by atoms with van der Waals surface area (Å²) in [6.07, 6.45) is 0. The minimum atomic E-state index is -0.649. The minimum Gasteiger partial charge on any atom is -0.383 e. The normalized spacial score (nSPS) is 10.4. The maximum absolute atomic E-state index is 12.3. The van der Waals surface area contributed by atoms with Gasteiger partial charge >= 0.3 is 11.8 Å². The number of hydrogen-bond donors (Lipinski definition) is 1. The van der Waals surface area contributed by atoms with Crippen LogP contribution in [0.2, 0.25) is 0 Å². The van der Waals surface area contributed by atoms with Crippen LogP contribution in [0.25, 0.3) is 0 Å². The second-order valence-corrected chi connectivity index (χ2v) is 5.00. The highest BCUT2D eigenvalue weighted by Gasteiger charge is 2.22. The van der Waals surface area contributed by atoms with Gasteiger partial charge in [0.1, 0.15) is 0 Å². The second-order valence-electron chi connectivity index (χ2n) is 5.00. The van der Waals surface area contributed by atoms with Crippen LogP contribution in [0.1, 0.15) is 11.1 Å². The lowest BCUT2D eigenvalue weighted by atomic mass is 10.1. The van der Waals surface area contributed by atoms with E-state index < -0.39 is 11.8 Å². The molecule has 0 saturated carbocycles. The van der Waals surface area contributed by atoms with E-state index in [2.05, 4.69) is 5.32 Å². The zero-order valence-electron chi connectivity index (χ0n) is 13.6. The Bertz CT molecular complexity index is 489. The van der Waals surface area contributed by atoms with Crippen LogP contribution < -0.4 is 5.32 Å². The Hall–Kier alpha value is -1.92. The fourth-order valence-electron chi connectivity index (χ4n) is 2.04. The van der Waals surface area contributed by atoms with Crippen molar-refractivity contribution in [2.75, 3.05) is 45.8 Å². The summed E-state index contributed by atoms with van der Waals surface area (Å²) in [7, 11) is 3.10. The molecule has 0 radical (unpaired) electrons. The number of hydrogen-bond acceptors (Lipinski definition) is 4. The van der Waals surface area contributed by atoms with Crippen LogP contribution in [-0.2, 0) is 19.1 Å². The molecule has 6 heteroatoms. The van der Waals surface area contributed by atoms with Gasteiger partial charge in [-0.05, 0) is 25.0 Å². The first-order valence-electron chi connectivity index (χ1n) is 7.15. The summed E-state index contributed by atoms with van der Waals surface area (Å²) in [5.41, 5.74) is 2.52. The van der Waals surface area contributed by atoms with Gasteiger partial charge < -0.3 is 19.7 Å². The predicted molar refractivity (Wildman–Crippen MR) is 84.9 cm³/mol. The topological polar surface area (TPSA) is 67.9 Å². The van der Waals surface area contributed by atoms with E-state index in [-0.39, 0.29) is 0 Å². The van der Waals surface area contributed by atoms with E-state index in [1.165, 1.54) is 4.90 Å². The number of anilines is 1. The zero-order valence-corrected chi connectivity index (χ0v) is 13.6. The van der Waals surface area contributed by atoms with E-state index >= 15 is 0 Å². The fourth-order valence-corrected chi connectivity index (χ4v) is 2.04. The summed E-state index contributed by atoms with van der Waals surface area (Å²) in [5.74, 6) is -1.23. The van der Waals surface area contributed by atoms with Crippen LogP contribution in [0.5, 0.6) is 0 Å². The number of aryl methyl sites for hydroxylation is 2. The number of nitrogens with one attached hydrogen (secondary N) is 1. The summed E-state index contributed by atoms with van der Waals surface area (Å²) >= 11 is 0. The lowest BCUT2D eigenvalue weighted by Crippen LogP contribution is -2.43. The van der Waals surface area contributed by atoms with E-state index in [1.807, 2.05) is 32.0 Å². The highest BCUT2D eigenvalue weighted by Crippen LogP contribution is 2.19. The predicted octanol–water partition coefficient (Wildman–Crippen LogP) is 1.36. The van der Waals surface area contributed by atoms with Gasteiger partial charge in [-0.1, -0.05) is 18.2 Å². The number of ether oxygens (including phenoxy) is 2. The minimum absolute atomic E-state index is 0.346. The summed E-state index contributed by atoms with van der Waals surface area (Å²) in [6, 6.07) is 5.69. The molecule has 0 aromatic heterocycles. The van der Waals surface area contributed by atoms with E-state index in [0.29, 0.717) is 32.0 Å². The van der Waals surface area contributed by atoms with Gasteiger partial charge in [-0.25, -0.2) is 0 Å². The summed E-state index contributed by atoms with van der Waals surface area (Å²) in [6.45, 7) is 5.21. The maximum Gasteiger partial charge on any atom is 0.313 e. The van der Waals surface area contributed by atoms with Crippen LogP contribution in [0.3, 0.4) is 0 Å². The van der Waals surface area contributed by atoms with Crippen molar-refractivity contribution < 1.29 is 19.1 Å². The molecule has 0 fully saturated rings. The van der Waals surface area contributed by atoms with Gasteiger partial charge in [0.05, 0.1) is 13.2 Å². The van der Waals surface area contributed by atoms with Crippen molar-refractivity contribution in [1.29, 1.82) is 0 Å². The van der Waals surface area contributed by atoms with Gasteiger partial charge in [-0.2, -0.15) is 0 Å². The third-order valence-corrected chi connectivity index (χ3v) is 3.33. The van der Waals surface area contributed by atoms with E-state index in [0.717, 1.165) is 11.1 Å². The molecule has 6 nitrogen and oxygen atoms in total. The Kier molecular flexibility index (Phi) is 7.56. The Morgan fingerprint density at radius 1 is 1.05 bits per heavy atom. The molecule has 1 rings (SSSR count). The largest absolute Gasteiger partial charge is 0.383 e. The Morgan fingerprint density at radius 2 is 1.55 bits per heavy atom. The molecule has 1 aromatic rings. The molecule has 22 heavy (non-hydrogen) atoms. The van der Waals surface area contributed by atoms with Crippen LogP contribution in [-0.4, -0.2) is 57.2 Å². The third-order valence-electron chi connectivity index (χ3n) is 3.33. The van der Waals surface area contributed by atoms with Crippen molar-refractivity contribution in [1.82, 2.24) is 4.90 Å². The molecule has 0 aliphatic heterocycles. The number of carbonyl (C=O) groups excluding carboxylic acids is 2. The van der Waals surface area contributed by atoms with Crippen LogP contribution in [0.15, 0.2) is 18.2 Å². The fraction of sp³-hybridized carbons (Fsp3) is 0.500. The Morgan fingerprint density at radius 3 is 2.00 bits per heavy atom. The van der Waals surface area contributed by atoms with E-state index in [9.17, 15) is 9.59 Å². The summed E-state index contributed by atoms with van der Waals surface area (Å²) < 4.78 is 9.94. The van der Waals surface area contributed by atoms with Crippen molar-refractivity contribution in [2.24, 2.45) is 0 Å². The average Bonchev–Trinajstić information content (AvgIpc) is 2.50. The van der Waals surface area contributed by atoms with Gasteiger partial charge in [-0.3, -0.25) is 9.59 Å². The monoisotopic (exact) mass is 308 g/mol. The van der Waals surface area contributed by atoms with Crippen molar-refractivity contribution in [3.05, 3.63) is 29.3 Å². The molecule has 122 valence electrons. The maximum atomic E-state index is 12.3. The van der Waals surface area contributed by atoms with Crippen molar-refractivity contribution in [3.8, 4) is 0 Å². The van der Waals surface area contributed by atoms with E-state index in [1.54, 1.807) is 14.2 Å². The van der Waals surface area contributed by atoms with Crippen LogP contribution >= 0.6 is 0 Å². The molecule has 0 unspecified atom stereocenters. The van der Waals surface area contributed by atoms with Gasteiger partial charge in [0, 0.05) is 33.0 Å². The molecule has 2 amide bonds. The summed E-state index contributed by atoms with van der Waals surface area (Å²) in [5, 5.41) is 2.70. The molecular formula is C16H24N2O4. The SMILES string of the molecule is COCCN(CCOC)C(=O)C(=O)Nc1c(C)cccc1C. The molecule has 0 spiro atoms. The number of amides is 2. The number of methoxy groups -OCH3 is 2. The highest BCUT2D eigenvalue weighted by atomic mass is 16.5. The van der Waals surface area contributed by atoms with E-state index in [4.69, 9.17) is 9.47 Å². The molecule has 0 bridgehead atoms. The van der Waals surface area contributed by atoms with Crippen molar-refractivity contribution >= 4 is 17.5 Å². The first-order valence-corrected chi connectivity index (χ1v) is 7.15. The molecule has 0 aliphatic rings. The number of para-hydroxylation sites is 1. The first kappa shape index (κ1) is 18.1. The number of carbonyl (C=O) groups is 2. The zero-order chi connectivity index (χ0) is 16.5. The number of benzene rings is 1. The molecule has 1 aromatic carbocycles. The van der Waals surface area contributed by atoms with Gasteiger partial charge in [-0.15, -0.1) is 0 Å². The van der Waals surface area contributed by atoms with Crippen LogP contribution in [0, 0.1) is 13.8 Å². The molecule has 0 saturated heterocycles. The molecule has 0 aliphatic carbocycles. The first-order chi connectivity index (χ1) is 10.5. The van der Waals surface area contributed by atoms with Crippen LogP contribution in [0.4, 0.5) is 5.69 Å². The second kappa shape index (κ2) is 9.17. The average molecular weight is 308 g/mol. The number of rotatable bonds is 7. The quantitative estimate of drug-likeness (QED) is 0.772. The third kappa shape index (κ3) is 5.13. The Balaban J connectivity index is 2.78.